The van der Waals surface area contributed by atoms with E-state index < -0.39 is 6.03 Å². The largest absolute Gasteiger partial charge is 0.488 e. The molecule has 0 unspecified atom stereocenters. The molecule has 3 rings (SSSR count). The first kappa shape index (κ1) is 18.1. The van der Waals surface area contributed by atoms with Crippen molar-refractivity contribution in [2.24, 2.45) is 0 Å². The summed E-state index contributed by atoms with van der Waals surface area (Å²) in [4.78, 5) is 25.2. The summed E-state index contributed by atoms with van der Waals surface area (Å²) in [7, 11) is 0. The van der Waals surface area contributed by atoms with Gasteiger partial charge in [-0.1, -0.05) is 28.1 Å². The minimum absolute atomic E-state index is 0.196. The molecule has 3 amide bonds. The third-order valence-electron chi connectivity index (χ3n) is 3.86. The number of benzene rings is 2. The topological polar surface area (TPSA) is 58.6 Å². The van der Waals surface area contributed by atoms with E-state index in [0.717, 1.165) is 14.9 Å². The number of hydrogen-bond donors (Lipinski definition) is 1. The molecule has 1 N–H and O–H groups in total. The Labute approximate surface area is 158 Å². The maximum absolute atomic E-state index is 13.0. The monoisotopic (exact) mass is 418 g/mol. The predicted octanol–water partition coefficient (Wildman–Crippen LogP) is 4.08. The highest BCUT2D eigenvalue weighted by Gasteiger charge is 2.32. The summed E-state index contributed by atoms with van der Waals surface area (Å²) in [5.41, 5.74) is 1.65. The van der Waals surface area contributed by atoms with Crippen LogP contribution in [0.5, 0.6) is 5.75 Å². The molecule has 7 heteroatoms. The number of halogens is 2. The van der Waals surface area contributed by atoms with Gasteiger partial charge < -0.3 is 10.1 Å². The Hall–Kier alpha value is -2.67. The predicted molar refractivity (Wildman–Crippen MR) is 98.8 cm³/mol. The molecule has 1 saturated heterocycles. The number of amides is 3. The Bertz CT molecular complexity index is 881. The molecule has 1 heterocycles. The van der Waals surface area contributed by atoms with Crippen LogP contribution in [0.3, 0.4) is 0 Å². The maximum atomic E-state index is 13.0. The van der Waals surface area contributed by atoms with Crippen LogP contribution in [0.25, 0.3) is 6.08 Å². The Balaban J connectivity index is 1.84. The summed E-state index contributed by atoms with van der Waals surface area (Å²) in [6, 6.07) is 11.0. The highest BCUT2D eigenvalue weighted by molar-refractivity contribution is 9.10. The Morgan fingerprint density at radius 1 is 1.19 bits per heavy atom. The normalized spacial score (nSPS) is 15.5. The fourth-order valence-electron chi connectivity index (χ4n) is 2.52. The lowest BCUT2D eigenvalue weighted by Gasteiger charge is -2.11. The van der Waals surface area contributed by atoms with E-state index in [1.807, 2.05) is 6.07 Å². The molecule has 1 fully saturated rings. The molecular weight excluding hydrogens is 403 g/mol. The minimum Gasteiger partial charge on any atom is -0.488 e. The van der Waals surface area contributed by atoms with Gasteiger partial charge in [-0.2, -0.15) is 0 Å². The van der Waals surface area contributed by atoms with Crippen LogP contribution in [0.2, 0.25) is 0 Å². The van der Waals surface area contributed by atoms with Gasteiger partial charge in [0.2, 0.25) is 0 Å². The van der Waals surface area contributed by atoms with Crippen molar-refractivity contribution in [1.29, 1.82) is 0 Å². The fourth-order valence-corrected chi connectivity index (χ4v) is 2.90. The SMILES string of the molecule is CCN1C(=O)N/C(=C/c2cc(Br)ccc2OCc2ccc(F)cc2)C1=O. The molecule has 134 valence electrons. The second-order valence-electron chi connectivity index (χ2n) is 5.63. The average Bonchev–Trinajstić information content (AvgIpc) is 2.88. The highest BCUT2D eigenvalue weighted by atomic mass is 79.9. The lowest BCUT2D eigenvalue weighted by atomic mass is 10.1. The van der Waals surface area contributed by atoms with Crippen LogP contribution in [0.1, 0.15) is 18.1 Å². The zero-order chi connectivity index (χ0) is 18.7. The number of hydrogen-bond acceptors (Lipinski definition) is 3. The molecule has 0 atom stereocenters. The Kier molecular flexibility index (Phi) is 5.37. The van der Waals surface area contributed by atoms with Crippen LogP contribution < -0.4 is 10.1 Å². The minimum atomic E-state index is -0.437. The zero-order valence-corrected chi connectivity index (χ0v) is 15.5. The number of nitrogens with one attached hydrogen (secondary N) is 1. The molecule has 0 bridgehead atoms. The standard InChI is InChI=1S/C19H16BrFN2O3/c1-2-23-18(24)16(22-19(23)25)10-13-9-14(20)5-8-17(13)26-11-12-3-6-15(21)7-4-12/h3-10H,2,11H2,1H3,(H,22,25)/b16-10+. The molecule has 26 heavy (non-hydrogen) atoms. The van der Waals surface area contributed by atoms with Crippen LogP contribution in [0.15, 0.2) is 52.6 Å². The summed E-state index contributed by atoms with van der Waals surface area (Å²) >= 11 is 3.39. The van der Waals surface area contributed by atoms with Crippen LogP contribution in [0, 0.1) is 5.82 Å². The second kappa shape index (κ2) is 7.70. The molecular formula is C19H16BrFN2O3. The molecule has 0 saturated carbocycles. The van der Waals surface area contributed by atoms with E-state index in [-0.39, 0.29) is 24.0 Å². The number of likely N-dealkylation sites (N-methyl/N-ethyl adjacent to an activating group) is 1. The van der Waals surface area contributed by atoms with Crippen molar-refractivity contribution in [1.82, 2.24) is 10.2 Å². The van der Waals surface area contributed by atoms with Gasteiger partial charge in [0.25, 0.3) is 5.91 Å². The number of imide groups is 1. The number of ether oxygens (including phenoxy) is 1. The highest BCUT2D eigenvalue weighted by Crippen LogP contribution is 2.27. The van der Waals surface area contributed by atoms with Crippen LogP contribution in [-0.2, 0) is 11.4 Å². The van der Waals surface area contributed by atoms with E-state index in [2.05, 4.69) is 21.2 Å². The number of rotatable bonds is 5. The number of carbonyl (C=O) groups is 2. The number of urea groups is 1. The van der Waals surface area contributed by atoms with Crippen molar-refractivity contribution in [3.8, 4) is 5.75 Å². The van der Waals surface area contributed by atoms with Crippen LogP contribution in [-0.4, -0.2) is 23.4 Å². The van der Waals surface area contributed by atoms with Crippen LogP contribution >= 0.6 is 15.9 Å². The average molecular weight is 419 g/mol. The number of carbonyl (C=O) groups excluding carboxylic acids is 2. The summed E-state index contributed by atoms with van der Waals surface area (Å²) in [6.45, 7) is 2.28. The molecule has 0 spiro atoms. The van der Waals surface area contributed by atoms with E-state index >= 15 is 0 Å². The molecule has 0 aromatic heterocycles. The van der Waals surface area contributed by atoms with Gasteiger partial charge in [0, 0.05) is 16.6 Å². The molecule has 0 radical (unpaired) electrons. The van der Waals surface area contributed by atoms with E-state index in [0.29, 0.717) is 17.9 Å². The van der Waals surface area contributed by atoms with Gasteiger partial charge in [0.05, 0.1) is 0 Å². The third kappa shape index (κ3) is 3.94. The maximum Gasteiger partial charge on any atom is 0.328 e. The first-order valence-corrected chi connectivity index (χ1v) is 8.78. The van der Waals surface area contributed by atoms with Crippen molar-refractivity contribution < 1.29 is 18.7 Å². The van der Waals surface area contributed by atoms with Gasteiger partial charge in [-0.3, -0.25) is 9.69 Å². The van der Waals surface area contributed by atoms with Gasteiger partial charge in [0.15, 0.2) is 0 Å². The van der Waals surface area contributed by atoms with E-state index in [1.165, 1.54) is 12.1 Å². The smallest absolute Gasteiger partial charge is 0.328 e. The van der Waals surface area contributed by atoms with E-state index in [4.69, 9.17) is 4.74 Å². The Morgan fingerprint density at radius 3 is 2.58 bits per heavy atom. The van der Waals surface area contributed by atoms with Crippen molar-refractivity contribution in [2.75, 3.05) is 6.54 Å². The summed E-state index contributed by atoms with van der Waals surface area (Å²) < 4.78 is 19.6. The van der Waals surface area contributed by atoms with E-state index in [9.17, 15) is 14.0 Å². The van der Waals surface area contributed by atoms with Gasteiger partial charge in [-0.15, -0.1) is 0 Å². The Morgan fingerprint density at radius 2 is 1.92 bits per heavy atom. The van der Waals surface area contributed by atoms with Crippen molar-refractivity contribution >= 4 is 33.9 Å². The quantitative estimate of drug-likeness (QED) is 0.587. The molecule has 5 nitrogen and oxygen atoms in total. The van der Waals surface area contributed by atoms with Gasteiger partial charge in [-0.05, 0) is 48.9 Å². The van der Waals surface area contributed by atoms with Gasteiger partial charge in [0.1, 0.15) is 23.9 Å². The fraction of sp³-hybridized carbons (Fsp3) is 0.158. The molecule has 2 aromatic rings. The van der Waals surface area contributed by atoms with Gasteiger partial charge >= 0.3 is 6.03 Å². The first-order chi connectivity index (χ1) is 12.5. The lowest BCUT2D eigenvalue weighted by Crippen LogP contribution is -2.30. The van der Waals surface area contributed by atoms with Gasteiger partial charge in [-0.25, -0.2) is 9.18 Å². The van der Waals surface area contributed by atoms with E-state index in [1.54, 1.807) is 37.3 Å². The lowest BCUT2D eigenvalue weighted by molar-refractivity contribution is -0.122. The first-order valence-electron chi connectivity index (χ1n) is 7.99. The zero-order valence-electron chi connectivity index (χ0n) is 14.0. The summed E-state index contributed by atoms with van der Waals surface area (Å²) in [5, 5.41) is 2.57. The third-order valence-corrected chi connectivity index (χ3v) is 4.35. The second-order valence-corrected chi connectivity index (χ2v) is 6.55. The number of nitrogens with zero attached hydrogens (tertiary/aromatic N) is 1. The van der Waals surface area contributed by atoms with Crippen molar-refractivity contribution in [3.05, 3.63) is 69.6 Å². The molecule has 0 aliphatic carbocycles. The van der Waals surface area contributed by atoms with Crippen molar-refractivity contribution in [2.45, 2.75) is 13.5 Å². The summed E-state index contributed by atoms with van der Waals surface area (Å²) in [6.07, 6.45) is 1.58. The molecule has 1 aliphatic rings. The molecule has 2 aromatic carbocycles. The summed E-state index contributed by atoms with van der Waals surface area (Å²) in [5.74, 6) is -0.136. The van der Waals surface area contributed by atoms with Crippen molar-refractivity contribution in [3.63, 3.8) is 0 Å². The van der Waals surface area contributed by atoms with Crippen LogP contribution in [0.4, 0.5) is 9.18 Å². The molecule has 1 aliphatic heterocycles.